The van der Waals surface area contributed by atoms with E-state index >= 15 is 0 Å². The second-order valence-corrected chi connectivity index (χ2v) is 3.93. The minimum Gasteiger partial charge on any atom is -0.493 e. The van der Waals surface area contributed by atoms with Crippen LogP contribution in [0.1, 0.15) is 23.1 Å². The molecule has 0 aromatic carbocycles. The van der Waals surface area contributed by atoms with Crippen molar-refractivity contribution >= 4 is 0 Å². The molecule has 1 atom stereocenters. The Labute approximate surface area is 100 Å². The lowest BCUT2D eigenvalue weighted by atomic mass is 10.1. The van der Waals surface area contributed by atoms with Gasteiger partial charge in [0, 0.05) is 12.6 Å². The van der Waals surface area contributed by atoms with Gasteiger partial charge in [-0.05, 0) is 20.0 Å². The Morgan fingerprint density at radius 3 is 2.82 bits per heavy atom. The molecule has 17 heavy (non-hydrogen) atoms. The average molecular weight is 235 g/mol. The molecule has 2 aromatic rings. The van der Waals surface area contributed by atoms with Crippen LogP contribution >= 0.6 is 0 Å². The molecule has 92 valence electrons. The van der Waals surface area contributed by atoms with Crippen LogP contribution < -0.4 is 10.1 Å². The number of aromatic nitrogens is 2. The van der Waals surface area contributed by atoms with Gasteiger partial charge in [-0.1, -0.05) is 0 Å². The first-order chi connectivity index (χ1) is 8.17. The second-order valence-electron chi connectivity index (χ2n) is 3.93. The maximum absolute atomic E-state index is 5.35. The minimum atomic E-state index is 0.00917. The van der Waals surface area contributed by atoms with Crippen LogP contribution in [0, 0.1) is 6.92 Å². The Balaban J connectivity index is 2.44. The lowest BCUT2D eigenvalue weighted by molar-refractivity contribution is 0.402. The van der Waals surface area contributed by atoms with Gasteiger partial charge in [-0.15, -0.1) is 0 Å². The van der Waals surface area contributed by atoms with E-state index in [-0.39, 0.29) is 6.04 Å². The molecule has 5 nitrogen and oxygen atoms in total. The van der Waals surface area contributed by atoms with Crippen LogP contribution in [0.3, 0.4) is 0 Å². The highest BCUT2D eigenvalue weighted by atomic mass is 16.5. The highest BCUT2D eigenvalue weighted by Gasteiger charge is 2.22. The third-order valence-corrected chi connectivity index (χ3v) is 2.82. The molecule has 5 heteroatoms. The Hall–Kier alpha value is -1.75. The van der Waals surface area contributed by atoms with Crippen molar-refractivity contribution in [3.63, 3.8) is 0 Å². The summed E-state index contributed by atoms with van der Waals surface area (Å²) in [6.45, 7) is 1.93. The van der Waals surface area contributed by atoms with Gasteiger partial charge in [0.2, 0.25) is 0 Å². The predicted molar refractivity (Wildman–Crippen MR) is 64.1 cm³/mol. The summed E-state index contributed by atoms with van der Waals surface area (Å²) in [5.41, 5.74) is 2.04. The van der Waals surface area contributed by atoms with E-state index in [1.165, 1.54) is 0 Å². The Bertz CT molecular complexity index is 502. The monoisotopic (exact) mass is 235 g/mol. The zero-order valence-corrected chi connectivity index (χ0v) is 10.5. The van der Waals surface area contributed by atoms with Gasteiger partial charge in [0.05, 0.1) is 25.6 Å². The zero-order valence-electron chi connectivity index (χ0n) is 10.5. The van der Waals surface area contributed by atoms with Gasteiger partial charge in [0.1, 0.15) is 11.5 Å². The normalized spacial score (nSPS) is 12.7. The lowest BCUT2D eigenvalue weighted by Crippen LogP contribution is -2.20. The Morgan fingerprint density at radius 2 is 2.29 bits per heavy atom. The van der Waals surface area contributed by atoms with Crippen LogP contribution in [-0.4, -0.2) is 23.9 Å². The van der Waals surface area contributed by atoms with Crippen LogP contribution in [0.2, 0.25) is 0 Å². The molecule has 1 unspecified atom stereocenters. The molecular formula is C12H17N3O2. The van der Waals surface area contributed by atoms with Crippen LogP contribution in [0.25, 0.3) is 0 Å². The molecule has 1 N–H and O–H groups in total. The molecule has 0 amide bonds. The highest BCUT2D eigenvalue weighted by Crippen LogP contribution is 2.29. The standard InChI is InChI=1S/C12H17N3O2/c1-8-5-9(7-17-8)11(13-2)12-10(16-4)6-14-15(12)3/h5-7,11,13H,1-4H3. The largest absolute Gasteiger partial charge is 0.493 e. The third-order valence-electron chi connectivity index (χ3n) is 2.82. The first kappa shape index (κ1) is 11.7. The van der Waals surface area contributed by atoms with Crippen molar-refractivity contribution in [2.75, 3.05) is 14.2 Å². The molecule has 0 aliphatic rings. The van der Waals surface area contributed by atoms with Gasteiger partial charge in [-0.3, -0.25) is 4.68 Å². The first-order valence-electron chi connectivity index (χ1n) is 5.45. The number of ether oxygens (including phenoxy) is 1. The summed E-state index contributed by atoms with van der Waals surface area (Å²) in [5.74, 6) is 1.66. The van der Waals surface area contributed by atoms with E-state index in [1.54, 1.807) is 19.6 Å². The van der Waals surface area contributed by atoms with Crippen molar-refractivity contribution in [1.82, 2.24) is 15.1 Å². The Morgan fingerprint density at radius 1 is 1.53 bits per heavy atom. The van der Waals surface area contributed by atoms with Crippen LogP contribution in [0.5, 0.6) is 5.75 Å². The fourth-order valence-electron chi connectivity index (χ4n) is 1.99. The highest BCUT2D eigenvalue weighted by molar-refractivity contribution is 5.35. The van der Waals surface area contributed by atoms with E-state index in [1.807, 2.05) is 31.8 Å². The summed E-state index contributed by atoms with van der Waals surface area (Å²) in [6.07, 6.45) is 3.47. The van der Waals surface area contributed by atoms with E-state index in [4.69, 9.17) is 9.15 Å². The average Bonchev–Trinajstić information content (AvgIpc) is 2.89. The van der Waals surface area contributed by atoms with Crippen molar-refractivity contribution in [1.29, 1.82) is 0 Å². The molecule has 2 rings (SSSR count). The second kappa shape index (κ2) is 4.63. The third kappa shape index (κ3) is 2.06. The van der Waals surface area contributed by atoms with Crippen LogP contribution in [0.4, 0.5) is 0 Å². The van der Waals surface area contributed by atoms with Crippen molar-refractivity contribution in [3.05, 3.63) is 35.5 Å². The van der Waals surface area contributed by atoms with Crippen molar-refractivity contribution < 1.29 is 9.15 Å². The topological polar surface area (TPSA) is 52.2 Å². The summed E-state index contributed by atoms with van der Waals surface area (Å²) in [4.78, 5) is 0. The summed E-state index contributed by atoms with van der Waals surface area (Å²) in [5, 5.41) is 7.46. The van der Waals surface area contributed by atoms with Gasteiger partial charge >= 0.3 is 0 Å². The number of hydrogen-bond acceptors (Lipinski definition) is 4. The van der Waals surface area contributed by atoms with Gasteiger partial charge in [-0.2, -0.15) is 5.10 Å². The number of hydrogen-bond donors (Lipinski definition) is 1. The maximum Gasteiger partial charge on any atom is 0.161 e. The zero-order chi connectivity index (χ0) is 12.4. The molecule has 0 aliphatic carbocycles. The molecule has 2 heterocycles. The molecule has 0 saturated carbocycles. The fraction of sp³-hybridized carbons (Fsp3) is 0.417. The summed E-state index contributed by atoms with van der Waals surface area (Å²) < 4.78 is 12.5. The van der Waals surface area contributed by atoms with E-state index in [2.05, 4.69) is 10.4 Å². The summed E-state index contributed by atoms with van der Waals surface area (Å²) in [7, 11) is 5.45. The molecule has 0 fully saturated rings. The van der Waals surface area contributed by atoms with Gasteiger partial charge in [0.25, 0.3) is 0 Å². The number of nitrogens with one attached hydrogen (secondary N) is 1. The van der Waals surface area contributed by atoms with Crippen LogP contribution in [-0.2, 0) is 7.05 Å². The maximum atomic E-state index is 5.35. The number of rotatable bonds is 4. The van der Waals surface area contributed by atoms with E-state index in [0.717, 1.165) is 22.8 Å². The van der Waals surface area contributed by atoms with E-state index < -0.39 is 0 Å². The molecule has 2 aromatic heterocycles. The SMILES string of the molecule is CNC(c1coc(C)c1)c1c(OC)cnn1C. The number of aryl methyl sites for hydroxylation is 2. The lowest BCUT2D eigenvalue weighted by Gasteiger charge is -2.16. The summed E-state index contributed by atoms with van der Waals surface area (Å²) >= 11 is 0. The number of methoxy groups -OCH3 is 1. The molecule has 0 aliphatic heterocycles. The molecule has 0 spiro atoms. The minimum absolute atomic E-state index is 0.00917. The molecule has 0 bridgehead atoms. The van der Waals surface area contributed by atoms with Crippen molar-refractivity contribution in [3.8, 4) is 5.75 Å². The van der Waals surface area contributed by atoms with Gasteiger partial charge in [0.15, 0.2) is 5.75 Å². The number of nitrogens with zero attached hydrogens (tertiary/aromatic N) is 2. The Kier molecular flexibility index (Phi) is 3.19. The summed E-state index contributed by atoms with van der Waals surface area (Å²) in [6, 6.07) is 2.02. The number of furan rings is 1. The van der Waals surface area contributed by atoms with Gasteiger partial charge < -0.3 is 14.5 Å². The first-order valence-corrected chi connectivity index (χ1v) is 5.45. The van der Waals surface area contributed by atoms with Crippen molar-refractivity contribution in [2.45, 2.75) is 13.0 Å². The molecule has 0 radical (unpaired) electrons. The van der Waals surface area contributed by atoms with E-state index in [9.17, 15) is 0 Å². The fourth-order valence-corrected chi connectivity index (χ4v) is 1.99. The molecular weight excluding hydrogens is 218 g/mol. The van der Waals surface area contributed by atoms with Crippen LogP contribution in [0.15, 0.2) is 22.9 Å². The van der Waals surface area contributed by atoms with E-state index in [0.29, 0.717) is 0 Å². The molecule has 0 saturated heterocycles. The van der Waals surface area contributed by atoms with Gasteiger partial charge in [-0.25, -0.2) is 0 Å². The quantitative estimate of drug-likeness (QED) is 0.875. The van der Waals surface area contributed by atoms with Crippen molar-refractivity contribution in [2.24, 2.45) is 7.05 Å². The smallest absolute Gasteiger partial charge is 0.161 e. The predicted octanol–water partition coefficient (Wildman–Crippen LogP) is 1.64.